The SMILES string of the molecule is COc1ccc(N2CCN(c3cc4c(cc3F)c(=O)c(C(=O)N/N=C\c3ccc(Cl)cc3)cn4C3CC3)CC2)cc1. The second-order valence-electron chi connectivity index (χ2n) is 10.3. The van der Waals surface area contributed by atoms with Crippen LogP contribution in [0.25, 0.3) is 10.9 Å². The maximum absolute atomic E-state index is 15.5. The van der Waals surface area contributed by atoms with Crippen molar-refractivity contribution in [1.82, 2.24) is 9.99 Å². The Morgan fingerprint density at radius 3 is 2.37 bits per heavy atom. The van der Waals surface area contributed by atoms with Gasteiger partial charge in [0.2, 0.25) is 5.43 Å². The van der Waals surface area contributed by atoms with E-state index in [0.717, 1.165) is 42.9 Å². The first kappa shape index (κ1) is 26.8. The number of amides is 1. The number of halogens is 2. The van der Waals surface area contributed by atoms with E-state index in [1.54, 1.807) is 43.6 Å². The Labute approximate surface area is 241 Å². The molecule has 1 saturated carbocycles. The van der Waals surface area contributed by atoms with Gasteiger partial charge in [-0.1, -0.05) is 23.7 Å². The van der Waals surface area contributed by atoms with Gasteiger partial charge in [0.25, 0.3) is 5.91 Å². The third-order valence-electron chi connectivity index (χ3n) is 7.59. The van der Waals surface area contributed by atoms with E-state index in [1.165, 1.54) is 12.3 Å². The molecule has 1 aliphatic carbocycles. The van der Waals surface area contributed by atoms with Crippen LogP contribution in [-0.2, 0) is 0 Å². The molecule has 2 fully saturated rings. The third-order valence-corrected chi connectivity index (χ3v) is 7.85. The van der Waals surface area contributed by atoms with Crippen molar-refractivity contribution in [2.45, 2.75) is 18.9 Å². The Morgan fingerprint density at radius 1 is 1.02 bits per heavy atom. The van der Waals surface area contributed by atoms with E-state index in [1.807, 2.05) is 33.7 Å². The largest absolute Gasteiger partial charge is 0.497 e. The number of anilines is 2. The molecule has 0 spiro atoms. The standard InChI is InChI=1S/C31H29ClFN5O3/c1-41-24-10-8-22(9-11-24)36-12-14-37(15-13-36)29-17-28-25(16-27(29)33)30(39)26(19-38(28)23-6-7-23)31(40)35-34-18-20-2-4-21(32)5-3-20/h2-5,8-11,16-19,23H,6-7,12-15H2,1H3,(H,35,40)/b34-18-. The van der Waals surface area contributed by atoms with Gasteiger partial charge in [-0.15, -0.1) is 0 Å². The van der Waals surface area contributed by atoms with Crippen LogP contribution in [0.4, 0.5) is 15.8 Å². The van der Waals surface area contributed by atoms with E-state index < -0.39 is 17.2 Å². The topological polar surface area (TPSA) is 79.2 Å². The van der Waals surface area contributed by atoms with E-state index in [4.69, 9.17) is 16.3 Å². The lowest BCUT2D eigenvalue weighted by Crippen LogP contribution is -2.46. The number of piperazine rings is 1. The monoisotopic (exact) mass is 573 g/mol. The van der Waals surface area contributed by atoms with Gasteiger partial charge < -0.3 is 19.1 Å². The lowest BCUT2D eigenvalue weighted by atomic mass is 10.1. The van der Waals surface area contributed by atoms with Crippen LogP contribution in [0.1, 0.15) is 34.8 Å². The summed E-state index contributed by atoms with van der Waals surface area (Å²) in [5.74, 6) is -0.317. The van der Waals surface area contributed by atoms with Gasteiger partial charge >= 0.3 is 0 Å². The molecule has 10 heteroatoms. The number of hydrogen-bond acceptors (Lipinski definition) is 6. The molecule has 2 aliphatic rings. The van der Waals surface area contributed by atoms with E-state index in [9.17, 15) is 9.59 Å². The average Bonchev–Trinajstić information content (AvgIpc) is 3.84. The number of benzene rings is 3. The lowest BCUT2D eigenvalue weighted by molar-refractivity contribution is 0.0953. The number of methoxy groups -OCH3 is 1. The normalized spacial score (nSPS) is 15.5. The number of rotatable bonds is 7. The minimum absolute atomic E-state index is 0.0714. The zero-order valence-corrected chi connectivity index (χ0v) is 23.3. The predicted molar refractivity (Wildman–Crippen MR) is 160 cm³/mol. The predicted octanol–water partition coefficient (Wildman–Crippen LogP) is 5.23. The van der Waals surface area contributed by atoms with Crippen LogP contribution >= 0.6 is 11.6 Å². The zero-order chi connectivity index (χ0) is 28.5. The molecule has 3 aromatic carbocycles. The number of ether oxygens (including phenoxy) is 1. The van der Waals surface area contributed by atoms with Gasteiger partial charge in [0.15, 0.2) is 0 Å². The molecule has 1 aromatic heterocycles. The molecule has 2 heterocycles. The summed E-state index contributed by atoms with van der Waals surface area (Å²) >= 11 is 5.90. The summed E-state index contributed by atoms with van der Waals surface area (Å²) in [6.07, 6.45) is 4.91. The Kier molecular flexibility index (Phi) is 7.36. The summed E-state index contributed by atoms with van der Waals surface area (Å²) in [6.45, 7) is 2.73. The van der Waals surface area contributed by atoms with Gasteiger partial charge in [-0.25, -0.2) is 9.82 Å². The lowest BCUT2D eigenvalue weighted by Gasteiger charge is -2.37. The molecule has 4 aromatic rings. The fourth-order valence-corrected chi connectivity index (χ4v) is 5.32. The molecular formula is C31H29ClFN5O3. The molecule has 0 atom stereocenters. The highest BCUT2D eigenvalue weighted by Crippen LogP contribution is 2.38. The fourth-order valence-electron chi connectivity index (χ4n) is 5.19. The van der Waals surface area contributed by atoms with Crippen LogP contribution in [0.2, 0.25) is 5.02 Å². The van der Waals surface area contributed by atoms with Crippen molar-refractivity contribution in [3.63, 3.8) is 0 Å². The molecule has 41 heavy (non-hydrogen) atoms. The number of carbonyl (C=O) groups is 1. The number of nitrogens with one attached hydrogen (secondary N) is 1. The van der Waals surface area contributed by atoms with Gasteiger partial charge in [0.05, 0.1) is 24.5 Å². The first-order valence-corrected chi connectivity index (χ1v) is 13.9. The quantitative estimate of drug-likeness (QED) is 0.242. The van der Waals surface area contributed by atoms with Gasteiger partial charge in [0, 0.05) is 54.5 Å². The Balaban J connectivity index is 1.24. The summed E-state index contributed by atoms with van der Waals surface area (Å²) in [7, 11) is 1.64. The van der Waals surface area contributed by atoms with Crippen LogP contribution in [0.15, 0.2) is 76.8 Å². The number of pyridine rings is 1. The molecule has 210 valence electrons. The average molecular weight is 574 g/mol. The first-order chi connectivity index (χ1) is 19.9. The van der Waals surface area contributed by atoms with Gasteiger partial charge in [0.1, 0.15) is 17.1 Å². The van der Waals surface area contributed by atoms with Crippen LogP contribution in [0.5, 0.6) is 5.75 Å². The van der Waals surface area contributed by atoms with Crippen molar-refractivity contribution >= 4 is 46.0 Å². The maximum Gasteiger partial charge on any atom is 0.276 e. The molecule has 1 N–H and O–H groups in total. The Hall–Kier alpha value is -4.37. The van der Waals surface area contributed by atoms with E-state index in [0.29, 0.717) is 29.3 Å². The molecule has 1 aliphatic heterocycles. The van der Waals surface area contributed by atoms with Crippen molar-refractivity contribution in [2.75, 3.05) is 43.1 Å². The van der Waals surface area contributed by atoms with Crippen molar-refractivity contribution in [2.24, 2.45) is 5.10 Å². The summed E-state index contributed by atoms with van der Waals surface area (Å²) < 4.78 is 22.7. The number of nitrogens with zero attached hydrogens (tertiary/aromatic N) is 4. The molecule has 0 radical (unpaired) electrons. The highest BCUT2D eigenvalue weighted by Gasteiger charge is 2.28. The highest BCUT2D eigenvalue weighted by atomic mass is 35.5. The fraction of sp³-hybridized carbons (Fsp3) is 0.258. The van der Waals surface area contributed by atoms with Crippen molar-refractivity contribution < 1.29 is 13.9 Å². The highest BCUT2D eigenvalue weighted by molar-refractivity contribution is 6.30. The Bertz CT molecular complexity index is 1680. The molecule has 6 rings (SSSR count). The first-order valence-electron chi connectivity index (χ1n) is 13.5. The number of carbonyl (C=O) groups excluding carboxylic acids is 1. The molecule has 1 amide bonds. The maximum atomic E-state index is 15.5. The Morgan fingerprint density at radius 2 is 1.71 bits per heavy atom. The summed E-state index contributed by atoms with van der Waals surface area (Å²) in [5, 5.41) is 4.76. The number of fused-ring (bicyclic) bond motifs is 1. The van der Waals surface area contributed by atoms with Crippen molar-refractivity contribution in [1.29, 1.82) is 0 Å². The van der Waals surface area contributed by atoms with Crippen molar-refractivity contribution in [3.05, 3.63) is 99.1 Å². The smallest absolute Gasteiger partial charge is 0.276 e. The second kappa shape index (κ2) is 11.2. The summed E-state index contributed by atoms with van der Waals surface area (Å²) in [4.78, 5) is 30.6. The van der Waals surface area contributed by atoms with E-state index in [-0.39, 0.29) is 17.0 Å². The minimum atomic E-state index is -0.643. The second-order valence-corrected chi connectivity index (χ2v) is 10.7. The van der Waals surface area contributed by atoms with Crippen LogP contribution in [0, 0.1) is 5.82 Å². The summed E-state index contributed by atoms with van der Waals surface area (Å²) in [6, 6.07) is 18.0. The van der Waals surface area contributed by atoms with Crippen LogP contribution in [-0.4, -0.2) is 50.0 Å². The van der Waals surface area contributed by atoms with Gasteiger partial charge in [-0.05, 0) is 66.9 Å². The number of hydrogen-bond donors (Lipinski definition) is 1. The zero-order valence-electron chi connectivity index (χ0n) is 22.5. The van der Waals surface area contributed by atoms with Gasteiger partial charge in [-0.2, -0.15) is 5.10 Å². The molecule has 0 bridgehead atoms. The molecular weight excluding hydrogens is 545 g/mol. The number of aromatic nitrogens is 1. The molecule has 8 nitrogen and oxygen atoms in total. The summed E-state index contributed by atoms with van der Waals surface area (Å²) in [5.41, 5.74) is 4.76. The van der Waals surface area contributed by atoms with Crippen LogP contribution < -0.4 is 25.4 Å². The minimum Gasteiger partial charge on any atom is -0.497 e. The van der Waals surface area contributed by atoms with Crippen LogP contribution in [0.3, 0.4) is 0 Å². The van der Waals surface area contributed by atoms with Gasteiger partial charge in [-0.3, -0.25) is 9.59 Å². The van der Waals surface area contributed by atoms with E-state index in [2.05, 4.69) is 15.4 Å². The number of hydrazone groups is 1. The van der Waals surface area contributed by atoms with Crippen molar-refractivity contribution in [3.8, 4) is 5.75 Å². The van der Waals surface area contributed by atoms with E-state index >= 15 is 4.39 Å². The molecule has 1 saturated heterocycles. The third kappa shape index (κ3) is 5.63. The molecule has 0 unspecified atom stereocenters.